The zero-order chi connectivity index (χ0) is 13.4. The summed E-state index contributed by atoms with van der Waals surface area (Å²) in [4.78, 5) is 27.4. The zero-order valence-electron chi connectivity index (χ0n) is 10.7. The Morgan fingerprint density at radius 3 is 2.79 bits per heavy atom. The summed E-state index contributed by atoms with van der Waals surface area (Å²) in [6.07, 6.45) is 4.44. The Bertz CT molecular complexity index is 434. The second-order valence-corrected chi connectivity index (χ2v) is 5.82. The lowest BCUT2D eigenvalue weighted by Crippen LogP contribution is -2.39. The molecular formula is C13H18N2O4. The van der Waals surface area contributed by atoms with Gasteiger partial charge in [0, 0.05) is 13.0 Å². The Labute approximate surface area is 111 Å². The van der Waals surface area contributed by atoms with Crippen LogP contribution in [0.2, 0.25) is 0 Å². The number of nitrogens with zero attached hydrogens (tertiary/aromatic N) is 1. The molecule has 0 radical (unpaired) electrons. The number of hydrogen-bond donors (Lipinski definition) is 2. The van der Waals surface area contributed by atoms with Gasteiger partial charge < -0.3 is 15.3 Å². The number of fused-ring (bicyclic) bond motifs is 2. The van der Waals surface area contributed by atoms with Crippen molar-refractivity contribution in [2.45, 2.75) is 38.2 Å². The van der Waals surface area contributed by atoms with Gasteiger partial charge in [0.25, 0.3) is 5.91 Å². The first-order chi connectivity index (χ1) is 9.13. The third-order valence-corrected chi connectivity index (χ3v) is 4.63. The summed E-state index contributed by atoms with van der Waals surface area (Å²) in [5.41, 5.74) is -0.0833. The molecule has 0 aromatic rings. The number of carboxylic acid groups (broad SMARTS) is 1. The number of carboxylic acids is 1. The van der Waals surface area contributed by atoms with Crippen LogP contribution in [0.15, 0.2) is 5.16 Å². The summed E-state index contributed by atoms with van der Waals surface area (Å²) in [5, 5.41) is 15.0. The Morgan fingerprint density at radius 2 is 2.21 bits per heavy atom. The van der Waals surface area contributed by atoms with Gasteiger partial charge in [-0.05, 0) is 37.0 Å². The standard InChI is InChI=1S/C13H18N2O4/c16-12(11-5-10(13(17)18)15-19-11)14-6-9-4-7-1-2-8(9)3-7/h7-9,11H,1-6H2,(H,14,16)(H,17,18). The zero-order valence-corrected chi connectivity index (χ0v) is 10.7. The minimum atomic E-state index is -1.12. The van der Waals surface area contributed by atoms with Gasteiger partial charge in [0.05, 0.1) is 0 Å². The van der Waals surface area contributed by atoms with Crippen LogP contribution in [0.25, 0.3) is 0 Å². The van der Waals surface area contributed by atoms with Crippen LogP contribution < -0.4 is 5.32 Å². The molecule has 1 aliphatic heterocycles. The quantitative estimate of drug-likeness (QED) is 0.786. The van der Waals surface area contributed by atoms with Gasteiger partial charge in [-0.3, -0.25) is 4.79 Å². The van der Waals surface area contributed by atoms with Crippen LogP contribution in [0, 0.1) is 17.8 Å². The van der Waals surface area contributed by atoms with E-state index in [0.29, 0.717) is 12.5 Å². The average Bonchev–Trinajstić information content (AvgIpc) is 3.10. The van der Waals surface area contributed by atoms with Gasteiger partial charge in [0.15, 0.2) is 5.71 Å². The van der Waals surface area contributed by atoms with Gasteiger partial charge in [-0.15, -0.1) is 0 Å². The number of carbonyl (C=O) groups is 2. The molecule has 2 saturated carbocycles. The Morgan fingerprint density at radius 1 is 1.37 bits per heavy atom. The van der Waals surface area contributed by atoms with Gasteiger partial charge in [-0.2, -0.15) is 0 Å². The molecule has 104 valence electrons. The first-order valence-electron chi connectivity index (χ1n) is 6.87. The SMILES string of the molecule is O=C(O)C1=NOC(C(=O)NCC2CC3CCC2C3)C1. The smallest absolute Gasteiger partial charge is 0.353 e. The van der Waals surface area contributed by atoms with Crippen molar-refractivity contribution in [2.24, 2.45) is 22.9 Å². The predicted molar refractivity (Wildman–Crippen MR) is 66.5 cm³/mol. The van der Waals surface area contributed by atoms with E-state index in [2.05, 4.69) is 10.5 Å². The van der Waals surface area contributed by atoms with E-state index >= 15 is 0 Å². The Hall–Kier alpha value is -1.59. The monoisotopic (exact) mass is 266 g/mol. The van der Waals surface area contributed by atoms with Crippen LogP contribution in [0.5, 0.6) is 0 Å². The van der Waals surface area contributed by atoms with E-state index < -0.39 is 12.1 Å². The minimum absolute atomic E-state index is 0.0535. The van der Waals surface area contributed by atoms with Crippen molar-refractivity contribution in [2.75, 3.05) is 6.54 Å². The molecule has 1 heterocycles. The molecular weight excluding hydrogens is 248 g/mol. The van der Waals surface area contributed by atoms with Gasteiger partial charge in [0.2, 0.25) is 6.10 Å². The van der Waals surface area contributed by atoms with Crippen molar-refractivity contribution in [3.05, 3.63) is 0 Å². The van der Waals surface area contributed by atoms with Crippen LogP contribution in [0.1, 0.15) is 32.1 Å². The first-order valence-corrected chi connectivity index (χ1v) is 6.87. The third-order valence-electron chi connectivity index (χ3n) is 4.63. The molecule has 2 N–H and O–H groups in total. The molecule has 3 aliphatic rings. The molecule has 2 aliphatic carbocycles. The molecule has 1 amide bonds. The van der Waals surface area contributed by atoms with E-state index in [4.69, 9.17) is 9.94 Å². The van der Waals surface area contributed by atoms with E-state index in [-0.39, 0.29) is 18.0 Å². The highest BCUT2D eigenvalue weighted by Gasteiger charge is 2.40. The largest absolute Gasteiger partial charge is 0.477 e. The molecule has 2 bridgehead atoms. The number of rotatable bonds is 4. The van der Waals surface area contributed by atoms with Crippen molar-refractivity contribution in [3.8, 4) is 0 Å². The van der Waals surface area contributed by atoms with Crippen molar-refractivity contribution >= 4 is 17.6 Å². The van der Waals surface area contributed by atoms with Crippen LogP contribution in [0.4, 0.5) is 0 Å². The fourth-order valence-electron chi connectivity index (χ4n) is 3.62. The van der Waals surface area contributed by atoms with E-state index in [9.17, 15) is 9.59 Å². The lowest BCUT2D eigenvalue weighted by atomic mass is 9.89. The maximum absolute atomic E-state index is 11.9. The fourth-order valence-corrected chi connectivity index (χ4v) is 3.62. The number of aliphatic carboxylic acids is 1. The molecule has 0 aromatic heterocycles. The molecule has 0 saturated heterocycles. The Balaban J connectivity index is 1.44. The highest BCUT2D eigenvalue weighted by Crippen LogP contribution is 2.47. The third kappa shape index (κ3) is 2.43. The molecule has 4 unspecified atom stereocenters. The molecule has 2 fully saturated rings. The second-order valence-electron chi connectivity index (χ2n) is 5.82. The normalized spacial score (nSPS) is 35.9. The molecule has 4 atom stereocenters. The Kier molecular flexibility index (Phi) is 3.16. The number of oxime groups is 1. The van der Waals surface area contributed by atoms with E-state index in [1.807, 2.05) is 0 Å². The van der Waals surface area contributed by atoms with Crippen molar-refractivity contribution in [1.29, 1.82) is 0 Å². The van der Waals surface area contributed by atoms with Crippen LogP contribution in [-0.2, 0) is 14.4 Å². The van der Waals surface area contributed by atoms with E-state index in [0.717, 1.165) is 11.8 Å². The minimum Gasteiger partial charge on any atom is -0.477 e. The topological polar surface area (TPSA) is 88.0 Å². The number of hydrogen-bond acceptors (Lipinski definition) is 4. The van der Waals surface area contributed by atoms with E-state index in [1.165, 1.54) is 25.7 Å². The number of carbonyl (C=O) groups excluding carboxylic acids is 1. The average molecular weight is 266 g/mol. The predicted octanol–water partition coefficient (Wildman–Crippen LogP) is 0.768. The second kappa shape index (κ2) is 4.83. The molecule has 0 aromatic carbocycles. The summed E-state index contributed by atoms with van der Waals surface area (Å²) < 4.78 is 0. The van der Waals surface area contributed by atoms with Crippen molar-refractivity contribution in [1.82, 2.24) is 5.32 Å². The van der Waals surface area contributed by atoms with Gasteiger partial charge in [0.1, 0.15) is 0 Å². The molecule has 3 rings (SSSR count). The summed E-state index contributed by atoms with van der Waals surface area (Å²) in [6, 6.07) is 0. The van der Waals surface area contributed by atoms with E-state index in [1.54, 1.807) is 0 Å². The highest BCUT2D eigenvalue weighted by molar-refractivity contribution is 6.36. The molecule has 0 spiro atoms. The molecule has 19 heavy (non-hydrogen) atoms. The lowest BCUT2D eigenvalue weighted by molar-refractivity contribution is -0.131. The van der Waals surface area contributed by atoms with Gasteiger partial charge >= 0.3 is 5.97 Å². The summed E-state index contributed by atoms with van der Waals surface area (Å²) >= 11 is 0. The molecule has 6 nitrogen and oxygen atoms in total. The van der Waals surface area contributed by atoms with Gasteiger partial charge in [-0.25, -0.2) is 4.79 Å². The maximum atomic E-state index is 11.9. The highest BCUT2D eigenvalue weighted by atomic mass is 16.6. The summed E-state index contributed by atoms with van der Waals surface area (Å²) in [7, 11) is 0. The maximum Gasteiger partial charge on any atom is 0.353 e. The molecule has 6 heteroatoms. The first kappa shape index (κ1) is 12.4. The van der Waals surface area contributed by atoms with Crippen LogP contribution in [0.3, 0.4) is 0 Å². The summed E-state index contributed by atoms with van der Waals surface area (Å²) in [5.74, 6) is 0.840. The van der Waals surface area contributed by atoms with Crippen LogP contribution >= 0.6 is 0 Å². The van der Waals surface area contributed by atoms with Gasteiger partial charge in [-0.1, -0.05) is 11.6 Å². The van der Waals surface area contributed by atoms with Crippen molar-refractivity contribution in [3.63, 3.8) is 0 Å². The number of nitrogens with one attached hydrogen (secondary N) is 1. The summed E-state index contributed by atoms with van der Waals surface area (Å²) in [6.45, 7) is 0.683. The van der Waals surface area contributed by atoms with Crippen LogP contribution in [-0.4, -0.2) is 35.3 Å². The number of amides is 1. The van der Waals surface area contributed by atoms with Crippen molar-refractivity contribution < 1.29 is 19.5 Å². The lowest BCUT2D eigenvalue weighted by Gasteiger charge is -2.22. The fraction of sp³-hybridized carbons (Fsp3) is 0.769.